The van der Waals surface area contributed by atoms with Gasteiger partial charge in [-0.25, -0.2) is 19.2 Å². The molecule has 0 unspecified atom stereocenters. The number of halogens is 2. The van der Waals surface area contributed by atoms with E-state index in [1.54, 1.807) is 24.3 Å². The minimum atomic E-state index is -1.06. The Bertz CT molecular complexity index is 1580. The van der Waals surface area contributed by atoms with Crippen LogP contribution in [0.25, 0.3) is 11.0 Å². The molecule has 4 heterocycles. The number of aromatic carboxylic acids is 1. The van der Waals surface area contributed by atoms with Gasteiger partial charge in [-0.2, -0.15) is 0 Å². The molecule has 2 aliphatic rings. The van der Waals surface area contributed by atoms with Gasteiger partial charge in [0.05, 0.1) is 12.1 Å². The molecule has 208 valence electrons. The molecule has 11 heteroatoms. The maximum atomic E-state index is 14.1. The molecular formula is C29H28ClFN4O5. The fraction of sp³-hybridized carbons (Fsp3) is 0.345. The molecule has 1 N–H and O–H groups in total. The summed E-state index contributed by atoms with van der Waals surface area (Å²) in [5.41, 5.74) is 2.78. The van der Waals surface area contributed by atoms with Crippen LogP contribution in [0.1, 0.15) is 46.2 Å². The third kappa shape index (κ3) is 5.16. The number of likely N-dealkylation sites (tertiary alicyclic amines) is 1. The van der Waals surface area contributed by atoms with Crippen LogP contribution in [0.2, 0.25) is 5.02 Å². The first-order valence-electron chi connectivity index (χ1n) is 13.1. The molecule has 2 aromatic heterocycles. The van der Waals surface area contributed by atoms with E-state index in [0.29, 0.717) is 53.0 Å². The quantitative estimate of drug-likeness (QED) is 0.326. The van der Waals surface area contributed by atoms with Crippen molar-refractivity contribution in [2.24, 2.45) is 7.05 Å². The predicted octanol–water partition coefficient (Wildman–Crippen LogP) is 5.19. The summed E-state index contributed by atoms with van der Waals surface area (Å²) in [6, 6.07) is 11.8. The van der Waals surface area contributed by atoms with Gasteiger partial charge in [-0.3, -0.25) is 4.90 Å². The molecule has 0 spiro atoms. The lowest BCUT2D eigenvalue weighted by molar-refractivity contribution is 0.0686. The van der Waals surface area contributed by atoms with Crippen molar-refractivity contribution in [3.63, 3.8) is 0 Å². The van der Waals surface area contributed by atoms with E-state index in [4.69, 9.17) is 35.8 Å². The van der Waals surface area contributed by atoms with Crippen molar-refractivity contribution in [1.29, 1.82) is 0 Å². The van der Waals surface area contributed by atoms with Crippen molar-refractivity contribution in [3.05, 3.63) is 75.9 Å². The summed E-state index contributed by atoms with van der Waals surface area (Å²) in [5, 5.41) is 10.0. The van der Waals surface area contributed by atoms with Gasteiger partial charge in [-0.15, -0.1) is 0 Å². The van der Waals surface area contributed by atoms with Gasteiger partial charge in [-0.05, 0) is 50.2 Å². The number of carboxylic acids is 1. The Balaban J connectivity index is 1.12. The molecular weight excluding hydrogens is 539 g/mol. The lowest BCUT2D eigenvalue weighted by atomic mass is 9.93. The number of fused-ring (bicyclic) bond motifs is 3. The number of ether oxygens (including phenoxy) is 3. The molecule has 9 nitrogen and oxygen atoms in total. The van der Waals surface area contributed by atoms with Crippen LogP contribution >= 0.6 is 11.6 Å². The lowest BCUT2D eigenvalue weighted by Gasteiger charge is -2.31. The summed E-state index contributed by atoms with van der Waals surface area (Å²) in [5.74, 6) is 0.749. The number of benzene rings is 2. The van der Waals surface area contributed by atoms with Crippen LogP contribution in [-0.4, -0.2) is 56.8 Å². The minimum absolute atomic E-state index is 0.0737. The van der Waals surface area contributed by atoms with Crippen molar-refractivity contribution in [3.8, 4) is 17.4 Å². The summed E-state index contributed by atoms with van der Waals surface area (Å²) in [7, 11) is 1.89. The molecule has 0 saturated carbocycles. The summed E-state index contributed by atoms with van der Waals surface area (Å²) in [6.45, 7) is 3.06. The molecule has 6 rings (SSSR count). The number of rotatable bonds is 7. The Labute approximate surface area is 235 Å². The topological polar surface area (TPSA) is 98.9 Å². The van der Waals surface area contributed by atoms with Crippen molar-refractivity contribution in [2.45, 2.75) is 31.9 Å². The average molecular weight is 567 g/mol. The molecule has 0 bridgehead atoms. The first-order chi connectivity index (χ1) is 19.4. The summed E-state index contributed by atoms with van der Waals surface area (Å²) >= 11 is 5.83. The summed E-state index contributed by atoms with van der Waals surface area (Å²) in [6.07, 6.45) is 1.84. The molecule has 4 aromatic rings. The van der Waals surface area contributed by atoms with Gasteiger partial charge < -0.3 is 23.9 Å². The fourth-order valence-corrected chi connectivity index (χ4v) is 5.46. The van der Waals surface area contributed by atoms with Crippen LogP contribution < -0.4 is 14.2 Å². The van der Waals surface area contributed by atoms with Gasteiger partial charge in [-0.1, -0.05) is 23.7 Å². The molecule has 1 fully saturated rings. The van der Waals surface area contributed by atoms with Crippen molar-refractivity contribution in [1.82, 2.24) is 19.4 Å². The highest BCUT2D eigenvalue weighted by molar-refractivity contribution is 6.30. The smallest absolute Gasteiger partial charge is 0.339 e. The predicted molar refractivity (Wildman–Crippen MR) is 146 cm³/mol. The van der Waals surface area contributed by atoms with E-state index < -0.39 is 11.8 Å². The second-order valence-electron chi connectivity index (χ2n) is 10.0. The number of nitrogens with zero attached hydrogens (tertiary/aromatic N) is 4. The van der Waals surface area contributed by atoms with Gasteiger partial charge in [0, 0.05) is 35.3 Å². The van der Waals surface area contributed by atoms with Crippen LogP contribution in [0.15, 0.2) is 42.5 Å². The van der Waals surface area contributed by atoms with Gasteiger partial charge >= 0.3 is 5.97 Å². The maximum absolute atomic E-state index is 14.1. The fourth-order valence-electron chi connectivity index (χ4n) is 5.30. The number of carboxylic acid groups (broad SMARTS) is 1. The molecule has 0 aliphatic carbocycles. The normalized spacial score (nSPS) is 15.9. The first kappa shape index (κ1) is 26.3. The molecule has 40 heavy (non-hydrogen) atoms. The van der Waals surface area contributed by atoms with Crippen LogP contribution in [0.5, 0.6) is 17.4 Å². The summed E-state index contributed by atoms with van der Waals surface area (Å²) in [4.78, 5) is 23.7. The Morgan fingerprint density at radius 3 is 2.65 bits per heavy atom. The van der Waals surface area contributed by atoms with E-state index in [1.165, 1.54) is 6.07 Å². The number of pyridine rings is 1. The minimum Gasteiger partial charge on any atom is -0.485 e. The number of hydrogen-bond donors (Lipinski definition) is 1. The van der Waals surface area contributed by atoms with Crippen LogP contribution in [0, 0.1) is 5.82 Å². The number of imidazole rings is 1. The standard InChI is InChI=1S/C29H28ClFN4O5/c1-34-23-14-20(29(36)37)27-28(39-12-11-38-27)26(23)33-24(34)15-35-9-7-17(8-10-35)22-3-2-4-25(32-22)40-16-18-5-6-19(30)13-21(18)31/h2-6,13-14,17H,7-12,15-16H2,1H3,(H,36,37). The molecule has 0 radical (unpaired) electrons. The highest BCUT2D eigenvalue weighted by atomic mass is 35.5. The number of carbonyl (C=O) groups is 1. The van der Waals surface area contributed by atoms with Crippen LogP contribution in [0.4, 0.5) is 4.39 Å². The zero-order chi connectivity index (χ0) is 27.8. The third-order valence-electron chi connectivity index (χ3n) is 7.49. The average Bonchev–Trinajstić information content (AvgIpc) is 3.27. The summed E-state index contributed by atoms with van der Waals surface area (Å²) < 4.78 is 33.2. The van der Waals surface area contributed by atoms with Crippen molar-refractivity contribution >= 4 is 28.6 Å². The zero-order valence-electron chi connectivity index (χ0n) is 21.9. The Hall–Kier alpha value is -3.89. The third-order valence-corrected chi connectivity index (χ3v) is 7.73. The Morgan fingerprint density at radius 1 is 1.12 bits per heavy atom. The zero-order valence-corrected chi connectivity index (χ0v) is 22.7. The second kappa shape index (κ2) is 10.9. The van der Waals surface area contributed by atoms with E-state index in [1.807, 2.05) is 23.7 Å². The molecule has 0 atom stereocenters. The van der Waals surface area contributed by atoms with Gasteiger partial charge in [0.2, 0.25) is 5.88 Å². The van der Waals surface area contributed by atoms with E-state index in [9.17, 15) is 14.3 Å². The number of hydrogen-bond acceptors (Lipinski definition) is 7. The Kier molecular flexibility index (Phi) is 7.20. The van der Waals surface area contributed by atoms with E-state index in [-0.39, 0.29) is 23.8 Å². The molecule has 0 amide bonds. The van der Waals surface area contributed by atoms with Gasteiger partial charge in [0.1, 0.15) is 42.5 Å². The van der Waals surface area contributed by atoms with Crippen molar-refractivity contribution in [2.75, 3.05) is 26.3 Å². The van der Waals surface area contributed by atoms with E-state index in [0.717, 1.165) is 37.4 Å². The monoisotopic (exact) mass is 566 g/mol. The number of piperidine rings is 1. The Morgan fingerprint density at radius 2 is 1.90 bits per heavy atom. The van der Waals surface area contributed by atoms with E-state index in [2.05, 4.69) is 4.90 Å². The second-order valence-corrected chi connectivity index (χ2v) is 10.5. The molecule has 1 saturated heterocycles. The number of aromatic nitrogens is 3. The largest absolute Gasteiger partial charge is 0.485 e. The molecule has 2 aliphatic heterocycles. The SMILES string of the molecule is Cn1c(CN2CCC(c3cccc(OCc4ccc(Cl)cc4F)n3)CC2)nc2c3c(c(C(=O)O)cc21)OCCO3. The van der Waals surface area contributed by atoms with Gasteiger partial charge in [0.25, 0.3) is 0 Å². The van der Waals surface area contributed by atoms with Crippen LogP contribution in [0.3, 0.4) is 0 Å². The van der Waals surface area contributed by atoms with E-state index >= 15 is 0 Å². The first-order valence-corrected chi connectivity index (χ1v) is 13.5. The highest BCUT2D eigenvalue weighted by Crippen LogP contribution is 2.41. The van der Waals surface area contributed by atoms with Gasteiger partial charge in [0.15, 0.2) is 11.5 Å². The highest BCUT2D eigenvalue weighted by Gasteiger charge is 2.28. The molecule has 2 aromatic carbocycles. The van der Waals surface area contributed by atoms with Crippen LogP contribution in [-0.2, 0) is 20.2 Å². The lowest BCUT2D eigenvalue weighted by Crippen LogP contribution is -2.33. The van der Waals surface area contributed by atoms with Crippen molar-refractivity contribution < 1.29 is 28.5 Å². The number of aryl methyl sites for hydroxylation is 1. The maximum Gasteiger partial charge on any atom is 0.339 e.